The van der Waals surface area contributed by atoms with E-state index in [0.29, 0.717) is 25.7 Å². The summed E-state index contributed by atoms with van der Waals surface area (Å²) in [7, 11) is 0. The van der Waals surface area contributed by atoms with E-state index in [1.165, 1.54) is 135 Å². The Labute approximate surface area is 390 Å². The van der Waals surface area contributed by atoms with Crippen LogP contribution in [0.1, 0.15) is 265 Å². The molecular weight excluding hydrogens is 779 g/mol. The molecule has 366 valence electrons. The number of carbonyl (C=O) groups is 2. The van der Waals surface area contributed by atoms with Crippen molar-refractivity contribution in [2.45, 2.75) is 283 Å². The predicted molar refractivity (Wildman–Crippen MR) is 273 cm³/mol. The molecule has 0 saturated carbocycles. The summed E-state index contributed by atoms with van der Waals surface area (Å²) in [6.45, 7) is 6.37. The molecule has 0 aromatic heterocycles. The Hall–Kier alpha value is -2.44. The lowest BCUT2D eigenvalue weighted by molar-refractivity contribution is -0.151. The molecule has 63 heavy (non-hydrogen) atoms. The molecule has 0 aromatic rings. The van der Waals surface area contributed by atoms with Gasteiger partial charge < -0.3 is 20.3 Å². The van der Waals surface area contributed by atoms with E-state index in [-0.39, 0.29) is 24.9 Å². The minimum atomic E-state index is -0.796. The van der Waals surface area contributed by atoms with Gasteiger partial charge in [0.2, 0.25) is 5.91 Å². The van der Waals surface area contributed by atoms with Crippen LogP contribution >= 0.6 is 0 Å². The fraction of sp³-hybridized carbons (Fsp3) is 0.789. The average Bonchev–Trinajstić information content (AvgIpc) is 3.28. The van der Waals surface area contributed by atoms with Gasteiger partial charge in [0, 0.05) is 6.42 Å². The van der Waals surface area contributed by atoms with Crippen LogP contribution in [-0.2, 0) is 14.3 Å². The van der Waals surface area contributed by atoms with Crippen molar-refractivity contribution in [1.29, 1.82) is 0 Å². The third-order valence-electron chi connectivity index (χ3n) is 12.1. The molecule has 0 spiro atoms. The summed E-state index contributed by atoms with van der Waals surface area (Å²) in [5, 5.41) is 23.8. The van der Waals surface area contributed by atoms with Gasteiger partial charge in [-0.2, -0.15) is 0 Å². The van der Waals surface area contributed by atoms with Gasteiger partial charge in [-0.15, -0.1) is 0 Å². The third-order valence-corrected chi connectivity index (χ3v) is 12.1. The minimum absolute atomic E-state index is 0.0565. The maximum atomic E-state index is 13.2. The Morgan fingerprint density at radius 1 is 0.476 bits per heavy atom. The number of amides is 1. The van der Waals surface area contributed by atoms with E-state index in [9.17, 15) is 19.8 Å². The number of allylic oxidation sites excluding steroid dienone is 10. The number of hydrogen-bond acceptors (Lipinski definition) is 5. The summed E-state index contributed by atoms with van der Waals surface area (Å²) < 4.78 is 5.92. The Kier molecular flexibility index (Phi) is 48.6. The maximum absolute atomic E-state index is 13.2. The molecule has 3 atom stereocenters. The van der Waals surface area contributed by atoms with Crippen molar-refractivity contribution in [2.24, 2.45) is 0 Å². The van der Waals surface area contributed by atoms with Crippen molar-refractivity contribution in [3.05, 3.63) is 60.8 Å². The van der Waals surface area contributed by atoms with Gasteiger partial charge in [-0.25, -0.2) is 0 Å². The van der Waals surface area contributed by atoms with Crippen LogP contribution in [0.5, 0.6) is 0 Å². The van der Waals surface area contributed by atoms with Crippen LogP contribution < -0.4 is 5.32 Å². The largest absolute Gasteiger partial charge is 0.462 e. The zero-order valence-corrected chi connectivity index (χ0v) is 41.7. The molecule has 0 aliphatic carbocycles. The van der Waals surface area contributed by atoms with E-state index < -0.39 is 18.2 Å². The van der Waals surface area contributed by atoms with Gasteiger partial charge in [-0.05, 0) is 64.2 Å². The highest BCUT2D eigenvalue weighted by Crippen LogP contribution is 2.18. The first-order valence-corrected chi connectivity index (χ1v) is 27.0. The number of rotatable bonds is 48. The van der Waals surface area contributed by atoms with Gasteiger partial charge in [0.15, 0.2) is 0 Å². The molecule has 3 N–H and O–H groups in total. The predicted octanol–water partition coefficient (Wildman–Crippen LogP) is 16.4. The lowest BCUT2D eigenvalue weighted by Gasteiger charge is -2.24. The fourth-order valence-corrected chi connectivity index (χ4v) is 8.06. The Bertz CT molecular complexity index is 1130. The number of hydrogen-bond donors (Lipinski definition) is 3. The van der Waals surface area contributed by atoms with Gasteiger partial charge in [0.1, 0.15) is 6.10 Å². The lowest BCUT2D eigenvalue weighted by Crippen LogP contribution is -2.46. The van der Waals surface area contributed by atoms with E-state index in [4.69, 9.17) is 4.74 Å². The van der Waals surface area contributed by atoms with E-state index in [2.05, 4.69) is 86.8 Å². The third kappa shape index (κ3) is 45.9. The molecular formula is C57H103NO5. The normalized spacial score (nSPS) is 13.7. The van der Waals surface area contributed by atoms with E-state index in [1.54, 1.807) is 0 Å². The van der Waals surface area contributed by atoms with Crippen LogP contribution in [0, 0.1) is 0 Å². The van der Waals surface area contributed by atoms with Gasteiger partial charge in [0.25, 0.3) is 0 Å². The van der Waals surface area contributed by atoms with Crippen LogP contribution in [0.3, 0.4) is 0 Å². The molecule has 0 heterocycles. The first kappa shape index (κ1) is 60.6. The first-order chi connectivity index (χ1) is 31.0. The molecule has 6 heteroatoms. The first-order valence-electron chi connectivity index (χ1n) is 27.0. The molecule has 6 nitrogen and oxygen atoms in total. The molecule has 0 bridgehead atoms. The highest BCUT2D eigenvalue weighted by atomic mass is 16.5. The number of aliphatic hydroxyl groups is 2. The lowest BCUT2D eigenvalue weighted by atomic mass is 10.0. The number of nitrogens with one attached hydrogen (secondary N) is 1. The average molecular weight is 882 g/mol. The van der Waals surface area contributed by atoms with Gasteiger partial charge >= 0.3 is 5.97 Å². The molecule has 0 radical (unpaired) electrons. The summed E-state index contributed by atoms with van der Waals surface area (Å²) in [6, 6.07) is -0.712. The molecule has 0 aliphatic heterocycles. The van der Waals surface area contributed by atoms with Crippen LogP contribution in [0.2, 0.25) is 0 Å². The van der Waals surface area contributed by atoms with Crippen molar-refractivity contribution in [3.63, 3.8) is 0 Å². The molecule has 0 aromatic carbocycles. The monoisotopic (exact) mass is 882 g/mol. The quantitative estimate of drug-likeness (QED) is 0.0321. The highest BCUT2D eigenvalue weighted by molar-refractivity contribution is 5.77. The highest BCUT2D eigenvalue weighted by Gasteiger charge is 2.24. The Morgan fingerprint density at radius 2 is 0.841 bits per heavy atom. The summed E-state index contributed by atoms with van der Waals surface area (Å²) in [4.78, 5) is 26.2. The van der Waals surface area contributed by atoms with E-state index in [0.717, 1.165) is 77.0 Å². The van der Waals surface area contributed by atoms with Crippen molar-refractivity contribution < 1.29 is 24.5 Å². The Morgan fingerprint density at radius 3 is 1.24 bits per heavy atom. The zero-order valence-electron chi connectivity index (χ0n) is 41.7. The van der Waals surface area contributed by atoms with Crippen molar-refractivity contribution in [1.82, 2.24) is 5.32 Å². The molecule has 0 saturated heterocycles. The SMILES string of the molecule is CC/C=C\C/C=C\C/C=C\C/C=C\C/C=C\CCCC(=O)OC(CCCCCCCCCCCCCCCCCC)CC(=O)NC(CO)C(O)CCCCCCCCCCCCC. The smallest absolute Gasteiger partial charge is 0.306 e. The second-order valence-electron chi connectivity index (χ2n) is 18.3. The molecule has 1 amide bonds. The summed E-state index contributed by atoms with van der Waals surface area (Å²) in [5.41, 5.74) is 0. The van der Waals surface area contributed by atoms with Crippen LogP contribution in [-0.4, -0.2) is 46.9 Å². The topological polar surface area (TPSA) is 95.9 Å². The summed E-state index contributed by atoms with van der Waals surface area (Å²) in [6.07, 6.45) is 62.9. The number of unbranched alkanes of at least 4 members (excludes halogenated alkanes) is 26. The van der Waals surface area contributed by atoms with E-state index in [1.807, 2.05) is 0 Å². The minimum Gasteiger partial charge on any atom is -0.462 e. The van der Waals surface area contributed by atoms with Gasteiger partial charge in [-0.1, -0.05) is 248 Å². The van der Waals surface area contributed by atoms with Gasteiger partial charge in [0.05, 0.1) is 25.2 Å². The van der Waals surface area contributed by atoms with Crippen molar-refractivity contribution in [2.75, 3.05) is 6.61 Å². The standard InChI is InChI=1S/C57H103NO5/c1-4-7-10-13-16-19-22-24-26-28-30-32-35-38-41-44-47-50-57(62)63-53(48-45-42-39-36-34-31-29-27-25-23-20-17-14-11-8-5-2)51-56(61)58-54(52-59)55(60)49-46-43-40-37-33-21-18-15-12-9-6-3/h7,10,16,19,24,26,30,32,38,41,53-55,59-60H,4-6,8-9,11-15,17-18,20-23,25,27-29,31,33-37,39-40,42-52H2,1-3H3,(H,58,61)/b10-7-,19-16-,26-24-,32-30-,41-38-. The zero-order chi connectivity index (χ0) is 45.9. The van der Waals surface area contributed by atoms with Crippen molar-refractivity contribution in [3.8, 4) is 0 Å². The number of esters is 1. The second-order valence-corrected chi connectivity index (χ2v) is 18.3. The summed E-state index contributed by atoms with van der Waals surface area (Å²) in [5.74, 6) is -0.535. The molecule has 0 rings (SSSR count). The fourth-order valence-electron chi connectivity index (χ4n) is 8.06. The maximum Gasteiger partial charge on any atom is 0.306 e. The molecule has 0 aliphatic rings. The number of aliphatic hydroxyl groups excluding tert-OH is 2. The second kappa shape index (κ2) is 50.6. The van der Waals surface area contributed by atoms with Crippen LogP contribution in [0.4, 0.5) is 0 Å². The Balaban J connectivity index is 4.65. The van der Waals surface area contributed by atoms with Gasteiger partial charge in [-0.3, -0.25) is 9.59 Å². The number of carbonyl (C=O) groups excluding carboxylic acids is 2. The van der Waals surface area contributed by atoms with Crippen molar-refractivity contribution >= 4 is 11.9 Å². The van der Waals surface area contributed by atoms with Crippen LogP contribution in [0.25, 0.3) is 0 Å². The van der Waals surface area contributed by atoms with Crippen LogP contribution in [0.15, 0.2) is 60.8 Å². The molecule has 3 unspecified atom stereocenters. The molecule has 0 fully saturated rings. The number of ether oxygens (including phenoxy) is 1. The van der Waals surface area contributed by atoms with E-state index >= 15 is 0 Å². The summed E-state index contributed by atoms with van der Waals surface area (Å²) >= 11 is 0.